The third-order valence-electron chi connectivity index (χ3n) is 3.22. The maximum atomic E-state index is 11.6. The number of benzene rings is 1. The fraction of sp³-hybridized carbons (Fsp3) is 0.429. The average molecular weight is 296 g/mol. The van der Waals surface area contributed by atoms with Gasteiger partial charge in [-0.2, -0.15) is 0 Å². The molecule has 0 unspecified atom stereocenters. The van der Waals surface area contributed by atoms with Gasteiger partial charge in [0, 0.05) is 16.8 Å². The summed E-state index contributed by atoms with van der Waals surface area (Å²) in [6.07, 6.45) is 4.25. The Morgan fingerprint density at radius 3 is 2.70 bits per heavy atom. The number of carbonyl (C=O) groups is 2. The van der Waals surface area contributed by atoms with Gasteiger partial charge in [-0.05, 0) is 31.0 Å². The minimum atomic E-state index is -0.421. The third-order valence-corrected chi connectivity index (χ3v) is 3.46. The van der Waals surface area contributed by atoms with Gasteiger partial charge in [0.2, 0.25) is 5.91 Å². The second kappa shape index (κ2) is 7.14. The number of anilines is 1. The van der Waals surface area contributed by atoms with Crippen molar-refractivity contribution in [1.82, 2.24) is 10.6 Å². The van der Waals surface area contributed by atoms with Crippen molar-refractivity contribution in [2.45, 2.75) is 31.7 Å². The molecule has 0 aromatic heterocycles. The molecule has 1 aromatic carbocycles. The lowest BCUT2D eigenvalue weighted by Crippen LogP contribution is -2.45. The highest BCUT2D eigenvalue weighted by Crippen LogP contribution is 2.17. The number of nitrogens with one attached hydrogen (secondary N) is 3. The van der Waals surface area contributed by atoms with Crippen molar-refractivity contribution in [3.05, 3.63) is 29.3 Å². The van der Waals surface area contributed by atoms with Gasteiger partial charge in [0.1, 0.15) is 0 Å². The van der Waals surface area contributed by atoms with Crippen LogP contribution in [0.1, 0.15) is 25.7 Å². The van der Waals surface area contributed by atoms with Crippen LogP contribution in [0.2, 0.25) is 5.02 Å². The maximum absolute atomic E-state index is 11.6. The Kier molecular flexibility index (Phi) is 5.24. The van der Waals surface area contributed by atoms with Crippen LogP contribution in [0.4, 0.5) is 10.5 Å². The van der Waals surface area contributed by atoms with Gasteiger partial charge in [0.25, 0.3) is 0 Å². The van der Waals surface area contributed by atoms with Crippen LogP contribution in [0, 0.1) is 0 Å². The summed E-state index contributed by atoms with van der Waals surface area (Å²) >= 11 is 5.83. The molecule has 0 heterocycles. The Labute approximate surface area is 123 Å². The van der Waals surface area contributed by atoms with E-state index < -0.39 is 6.03 Å². The van der Waals surface area contributed by atoms with Gasteiger partial charge < -0.3 is 10.6 Å². The summed E-state index contributed by atoms with van der Waals surface area (Å²) in [5, 5.41) is 8.60. The van der Waals surface area contributed by atoms with Gasteiger partial charge in [0.05, 0.1) is 6.54 Å². The van der Waals surface area contributed by atoms with Crippen LogP contribution in [-0.2, 0) is 4.79 Å². The number of carbonyl (C=O) groups excluding carboxylic acids is 2. The van der Waals surface area contributed by atoms with Crippen LogP contribution in [0.15, 0.2) is 24.3 Å². The van der Waals surface area contributed by atoms with Crippen molar-refractivity contribution in [2.24, 2.45) is 0 Å². The Morgan fingerprint density at radius 2 is 2.00 bits per heavy atom. The smallest absolute Gasteiger partial charge is 0.321 e. The van der Waals surface area contributed by atoms with Gasteiger partial charge >= 0.3 is 6.03 Å². The lowest BCUT2D eigenvalue weighted by Gasteiger charge is -2.12. The predicted octanol–water partition coefficient (Wildman–Crippen LogP) is 2.52. The molecule has 0 radical (unpaired) electrons. The Hall–Kier alpha value is -1.75. The van der Waals surface area contributed by atoms with Gasteiger partial charge in [0.15, 0.2) is 0 Å². The lowest BCUT2D eigenvalue weighted by molar-refractivity contribution is -0.118. The van der Waals surface area contributed by atoms with Crippen molar-refractivity contribution < 1.29 is 9.59 Å². The average Bonchev–Trinajstić information content (AvgIpc) is 2.89. The molecule has 0 saturated heterocycles. The summed E-state index contributed by atoms with van der Waals surface area (Å²) in [6, 6.07) is 6.83. The second-order valence-corrected chi connectivity index (χ2v) is 5.30. The zero-order valence-electron chi connectivity index (χ0n) is 11.1. The molecule has 1 aromatic rings. The van der Waals surface area contributed by atoms with Gasteiger partial charge in [-0.25, -0.2) is 4.79 Å². The van der Waals surface area contributed by atoms with Crippen LogP contribution in [0.5, 0.6) is 0 Å². The van der Waals surface area contributed by atoms with Crippen LogP contribution >= 0.6 is 11.6 Å². The summed E-state index contributed by atoms with van der Waals surface area (Å²) in [7, 11) is 0. The molecular weight excluding hydrogens is 278 g/mol. The second-order valence-electron chi connectivity index (χ2n) is 4.87. The molecule has 3 amide bonds. The molecule has 0 atom stereocenters. The van der Waals surface area contributed by atoms with Crippen molar-refractivity contribution in [2.75, 3.05) is 11.9 Å². The van der Waals surface area contributed by atoms with E-state index in [1.165, 1.54) is 0 Å². The first-order valence-electron chi connectivity index (χ1n) is 6.73. The fourth-order valence-corrected chi connectivity index (χ4v) is 2.43. The summed E-state index contributed by atoms with van der Waals surface area (Å²) in [5.74, 6) is -0.375. The molecule has 20 heavy (non-hydrogen) atoms. The largest absolute Gasteiger partial charge is 0.376 e. The van der Waals surface area contributed by atoms with Crippen molar-refractivity contribution >= 4 is 29.2 Å². The van der Waals surface area contributed by atoms with Crippen molar-refractivity contribution in [3.63, 3.8) is 0 Å². The third kappa shape index (κ3) is 4.74. The standard InChI is InChI=1S/C14H18ClN3O2/c15-10-4-3-7-12(8-10)16-9-13(19)18-14(20)17-11-5-1-2-6-11/h3-4,7-8,11,16H,1-2,5-6,9H2,(H2,17,18,19,20). The molecule has 108 valence electrons. The van der Waals surface area contributed by atoms with Crippen LogP contribution in [0.25, 0.3) is 0 Å². The first-order chi connectivity index (χ1) is 9.63. The summed E-state index contributed by atoms with van der Waals surface area (Å²) < 4.78 is 0. The summed E-state index contributed by atoms with van der Waals surface area (Å²) in [4.78, 5) is 23.2. The molecule has 1 saturated carbocycles. The molecule has 1 fully saturated rings. The van der Waals surface area contributed by atoms with E-state index in [1.807, 2.05) is 0 Å². The van der Waals surface area contributed by atoms with E-state index in [1.54, 1.807) is 24.3 Å². The van der Waals surface area contributed by atoms with Gasteiger partial charge in [-0.1, -0.05) is 30.5 Å². The van der Waals surface area contributed by atoms with Crippen LogP contribution < -0.4 is 16.0 Å². The van der Waals surface area contributed by atoms with Gasteiger partial charge in [-0.3, -0.25) is 10.1 Å². The molecule has 3 N–H and O–H groups in total. The molecule has 0 spiro atoms. The van der Waals surface area contributed by atoms with Crippen LogP contribution in [-0.4, -0.2) is 24.5 Å². The molecule has 5 nitrogen and oxygen atoms in total. The number of imide groups is 1. The minimum absolute atomic E-state index is 0.0262. The summed E-state index contributed by atoms with van der Waals surface area (Å²) in [6.45, 7) is 0.0262. The van der Waals surface area contributed by atoms with E-state index in [9.17, 15) is 9.59 Å². The number of halogens is 1. The number of urea groups is 1. The molecule has 1 aliphatic carbocycles. The van der Waals surface area contributed by atoms with Gasteiger partial charge in [-0.15, -0.1) is 0 Å². The Bertz CT molecular complexity index is 487. The fourth-order valence-electron chi connectivity index (χ4n) is 2.24. The first kappa shape index (κ1) is 14.7. The predicted molar refractivity (Wildman–Crippen MR) is 78.9 cm³/mol. The normalized spacial score (nSPS) is 14.8. The van der Waals surface area contributed by atoms with E-state index in [4.69, 9.17) is 11.6 Å². The molecule has 2 rings (SSSR count). The van der Waals surface area contributed by atoms with Crippen LogP contribution in [0.3, 0.4) is 0 Å². The van der Waals surface area contributed by atoms with Crippen molar-refractivity contribution in [1.29, 1.82) is 0 Å². The highest BCUT2D eigenvalue weighted by atomic mass is 35.5. The SMILES string of the molecule is O=C(CNc1cccc(Cl)c1)NC(=O)NC1CCCC1. The summed E-state index contributed by atoms with van der Waals surface area (Å²) in [5.41, 5.74) is 0.740. The monoisotopic (exact) mass is 295 g/mol. The zero-order valence-corrected chi connectivity index (χ0v) is 11.9. The number of hydrogen-bond acceptors (Lipinski definition) is 3. The number of amides is 3. The lowest BCUT2D eigenvalue weighted by atomic mass is 10.2. The van der Waals surface area contributed by atoms with E-state index in [2.05, 4.69) is 16.0 Å². The van der Waals surface area contributed by atoms with Crippen molar-refractivity contribution in [3.8, 4) is 0 Å². The maximum Gasteiger partial charge on any atom is 0.321 e. The van der Waals surface area contributed by atoms with E-state index >= 15 is 0 Å². The van der Waals surface area contributed by atoms with E-state index in [0.717, 1.165) is 31.4 Å². The van der Waals surface area contributed by atoms with E-state index in [0.29, 0.717) is 5.02 Å². The number of rotatable bonds is 4. The highest BCUT2D eigenvalue weighted by molar-refractivity contribution is 6.30. The topological polar surface area (TPSA) is 70.2 Å². The Balaban J connectivity index is 1.70. The first-order valence-corrected chi connectivity index (χ1v) is 7.11. The molecule has 0 aliphatic heterocycles. The minimum Gasteiger partial charge on any atom is -0.376 e. The number of hydrogen-bond donors (Lipinski definition) is 3. The quantitative estimate of drug-likeness (QED) is 0.799. The van der Waals surface area contributed by atoms with E-state index in [-0.39, 0.29) is 18.5 Å². The molecule has 1 aliphatic rings. The highest BCUT2D eigenvalue weighted by Gasteiger charge is 2.17. The zero-order chi connectivity index (χ0) is 14.4. The molecular formula is C14H18ClN3O2. The molecule has 6 heteroatoms. The Morgan fingerprint density at radius 1 is 1.25 bits per heavy atom. The molecule has 0 bridgehead atoms.